The van der Waals surface area contributed by atoms with E-state index in [0.717, 1.165) is 18.4 Å². The number of carbonyl (C=O) groups excluding carboxylic acids is 2. The molecular formula is C17H23ClN2O3. The molecule has 23 heavy (non-hydrogen) atoms. The van der Waals surface area contributed by atoms with Gasteiger partial charge in [-0.1, -0.05) is 23.7 Å². The molecule has 2 amide bonds. The number of halogens is 1. The van der Waals surface area contributed by atoms with Crippen molar-refractivity contribution in [1.29, 1.82) is 0 Å². The van der Waals surface area contributed by atoms with Gasteiger partial charge in [0, 0.05) is 17.0 Å². The summed E-state index contributed by atoms with van der Waals surface area (Å²) in [6.45, 7) is 5.49. The van der Waals surface area contributed by atoms with Crippen LogP contribution in [0.25, 0.3) is 0 Å². The van der Waals surface area contributed by atoms with Crippen molar-refractivity contribution in [2.75, 3.05) is 0 Å². The lowest BCUT2D eigenvalue weighted by atomic mass is 9.86. The molecule has 1 aromatic rings. The summed E-state index contributed by atoms with van der Waals surface area (Å²) >= 11 is 6.06. The second-order valence-electron chi connectivity index (χ2n) is 7.04. The van der Waals surface area contributed by atoms with Crippen molar-refractivity contribution >= 4 is 23.6 Å². The van der Waals surface area contributed by atoms with Gasteiger partial charge >= 0.3 is 6.09 Å². The van der Waals surface area contributed by atoms with Gasteiger partial charge in [-0.3, -0.25) is 4.79 Å². The van der Waals surface area contributed by atoms with Gasteiger partial charge in [0.2, 0.25) is 5.91 Å². The smallest absolute Gasteiger partial charge is 0.405 e. The number of ether oxygens (including phenoxy) is 1. The first-order chi connectivity index (χ1) is 10.6. The molecule has 1 aliphatic rings. The van der Waals surface area contributed by atoms with Crippen LogP contribution >= 0.6 is 11.6 Å². The molecule has 1 aliphatic carbocycles. The molecular weight excluding hydrogens is 316 g/mol. The molecule has 2 rings (SSSR count). The minimum absolute atomic E-state index is 0.0894. The van der Waals surface area contributed by atoms with Crippen LogP contribution in [0.5, 0.6) is 0 Å². The lowest BCUT2D eigenvalue weighted by molar-refractivity contribution is -0.124. The van der Waals surface area contributed by atoms with E-state index >= 15 is 0 Å². The lowest BCUT2D eigenvalue weighted by Crippen LogP contribution is -2.41. The van der Waals surface area contributed by atoms with Gasteiger partial charge in [-0.05, 0) is 51.3 Å². The van der Waals surface area contributed by atoms with Crippen LogP contribution in [0.4, 0.5) is 4.79 Å². The largest absolute Gasteiger partial charge is 0.444 e. The predicted molar refractivity (Wildman–Crippen MR) is 89.3 cm³/mol. The van der Waals surface area contributed by atoms with Crippen molar-refractivity contribution in [1.82, 2.24) is 5.32 Å². The van der Waals surface area contributed by atoms with E-state index in [1.54, 1.807) is 32.0 Å². The van der Waals surface area contributed by atoms with E-state index in [4.69, 9.17) is 22.1 Å². The molecule has 1 atom stereocenters. The molecule has 0 aliphatic heterocycles. The zero-order valence-electron chi connectivity index (χ0n) is 13.7. The van der Waals surface area contributed by atoms with Crippen LogP contribution < -0.4 is 11.1 Å². The fraction of sp³-hybridized carbons (Fsp3) is 0.529. The van der Waals surface area contributed by atoms with Crippen molar-refractivity contribution in [3.63, 3.8) is 0 Å². The molecule has 0 radical (unpaired) electrons. The van der Waals surface area contributed by atoms with Crippen molar-refractivity contribution < 1.29 is 14.3 Å². The summed E-state index contributed by atoms with van der Waals surface area (Å²) in [6, 6.07) is 7.18. The highest BCUT2D eigenvalue weighted by Gasteiger charge is 2.41. The van der Waals surface area contributed by atoms with Crippen LogP contribution in [-0.2, 0) is 9.53 Å². The zero-order valence-corrected chi connectivity index (χ0v) is 14.4. The summed E-state index contributed by atoms with van der Waals surface area (Å²) < 4.78 is 5.14. The fourth-order valence-electron chi connectivity index (χ4n) is 2.59. The molecule has 0 heterocycles. The summed E-state index contributed by atoms with van der Waals surface area (Å²) in [7, 11) is 0. The molecule has 1 saturated carbocycles. The summed E-state index contributed by atoms with van der Waals surface area (Å²) in [4.78, 5) is 23.8. The molecule has 0 bridgehead atoms. The first-order valence-electron chi connectivity index (χ1n) is 7.66. The second-order valence-corrected chi connectivity index (χ2v) is 7.48. The van der Waals surface area contributed by atoms with Gasteiger partial charge in [-0.2, -0.15) is 0 Å². The standard InChI is InChI=1S/C17H23ClN2O3/c1-16(2,23-15(19)22)10-13(11-5-4-6-12(18)9-11)14(21)20-17(3)7-8-17/h4-6,9,13H,7-8,10H2,1-3H3,(H2,19,22)(H,20,21). The number of hydrogen-bond acceptors (Lipinski definition) is 3. The molecule has 0 spiro atoms. The van der Waals surface area contributed by atoms with E-state index < -0.39 is 17.6 Å². The van der Waals surface area contributed by atoms with E-state index in [9.17, 15) is 9.59 Å². The summed E-state index contributed by atoms with van der Waals surface area (Å²) in [5, 5.41) is 3.63. The van der Waals surface area contributed by atoms with E-state index in [1.807, 2.05) is 13.0 Å². The monoisotopic (exact) mass is 338 g/mol. The van der Waals surface area contributed by atoms with Gasteiger partial charge in [0.15, 0.2) is 0 Å². The van der Waals surface area contributed by atoms with Crippen molar-refractivity contribution in [2.24, 2.45) is 5.73 Å². The minimum atomic E-state index is -0.861. The summed E-state index contributed by atoms with van der Waals surface area (Å²) in [5.41, 5.74) is 4.93. The van der Waals surface area contributed by atoms with Crippen molar-refractivity contribution in [2.45, 2.75) is 57.1 Å². The Hall–Kier alpha value is -1.75. The number of nitrogens with two attached hydrogens (primary N) is 1. The van der Waals surface area contributed by atoms with Crippen LogP contribution in [0.2, 0.25) is 5.02 Å². The highest BCUT2D eigenvalue weighted by atomic mass is 35.5. The molecule has 6 heteroatoms. The van der Waals surface area contributed by atoms with Crippen LogP contribution in [0.1, 0.15) is 51.5 Å². The number of nitrogens with one attached hydrogen (secondary N) is 1. The van der Waals surface area contributed by atoms with E-state index in [2.05, 4.69) is 5.32 Å². The van der Waals surface area contributed by atoms with Crippen LogP contribution in [-0.4, -0.2) is 23.1 Å². The third-order valence-corrected chi connectivity index (χ3v) is 4.30. The van der Waals surface area contributed by atoms with E-state index in [-0.39, 0.29) is 11.4 Å². The van der Waals surface area contributed by atoms with Crippen LogP contribution in [0, 0.1) is 0 Å². The molecule has 1 aromatic carbocycles. The maximum atomic E-state index is 12.7. The Bertz CT molecular complexity index is 612. The highest BCUT2D eigenvalue weighted by Crippen LogP contribution is 2.37. The number of carbonyl (C=O) groups is 2. The number of primary amides is 1. The van der Waals surface area contributed by atoms with E-state index in [0.29, 0.717) is 11.4 Å². The number of rotatable bonds is 6. The molecule has 5 nitrogen and oxygen atoms in total. The van der Waals surface area contributed by atoms with Gasteiger partial charge in [-0.25, -0.2) is 4.79 Å². The maximum absolute atomic E-state index is 12.7. The Morgan fingerprint density at radius 2 is 2.09 bits per heavy atom. The molecule has 0 aromatic heterocycles. The maximum Gasteiger partial charge on any atom is 0.405 e. The first kappa shape index (κ1) is 17.6. The van der Waals surface area contributed by atoms with Gasteiger partial charge in [0.25, 0.3) is 0 Å². The number of benzene rings is 1. The first-order valence-corrected chi connectivity index (χ1v) is 8.04. The number of amides is 2. The van der Waals surface area contributed by atoms with E-state index in [1.165, 1.54) is 0 Å². The third kappa shape index (κ3) is 5.13. The van der Waals surface area contributed by atoms with Crippen LogP contribution in [0.3, 0.4) is 0 Å². The zero-order chi connectivity index (χ0) is 17.3. The highest BCUT2D eigenvalue weighted by molar-refractivity contribution is 6.30. The Kier molecular flexibility index (Phi) is 4.90. The van der Waals surface area contributed by atoms with Gasteiger partial charge in [0.05, 0.1) is 5.92 Å². The fourth-order valence-corrected chi connectivity index (χ4v) is 2.79. The predicted octanol–water partition coefficient (Wildman–Crippen LogP) is 3.36. The van der Waals surface area contributed by atoms with Crippen molar-refractivity contribution in [3.05, 3.63) is 34.9 Å². The molecule has 1 fully saturated rings. The Labute approximate surface area is 141 Å². The summed E-state index contributed by atoms with van der Waals surface area (Å²) in [6.07, 6.45) is 1.41. The van der Waals surface area contributed by atoms with Crippen LogP contribution in [0.15, 0.2) is 24.3 Å². The third-order valence-electron chi connectivity index (χ3n) is 4.07. The van der Waals surface area contributed by atoms with Gasteiger partial charge in [-0.15, -0.1) is 0 Å². The van der Waals surface area contributed by atoms with Gasteiger partial charge < -0.3 is 15.8 Å². The minimum Gasteiger partial charge on any atom is -0.444 e. The van der Waals surface area contributed by atoms with Crippen molar-refractivity contribution in [3.8, 4) is 0 Å². The number of hydrogen-bond donors (Lipinski definition) is 2. The SMILES string of the molecule is CC1(NC(=O)C(CC(C)(C)OC(N)=O)c2cccc(Cl)c2)CC1. The van der Waals surface area contributed by atoms with Gasteiger partial charge in [0.1, 0.15) is 5.60 Å². The average Bonchev–Trinajstić information content (AvgIpc) is 3.11. The topological polar surface area (TPSA) is 81.4 Å². The Morgan fingerprint density at radius 1 is 1.43 bits per heavy atom. The normalized spacial score (nSPS) is 17.2. The quantitative estimate of drug-likeness (QED) is 0.834. The average molecular weight is 339 g/mol. The Balaban J connectivity index is 2.23. The molecule has 1 unspecified atom stereocenters. The summed E-state index contributed by atoms with van der Waals surface area (Å²) in [5.74, 6) is -0.561. The lowest BCUT2D eigenvalue weighted by Gasteiger charge is -2.29. The second kappa shape index (κ2) is 6.40. The molecule has 126 valence electrons. The molecule has 0 saturated heterocycles. The molecule has 3 N–H and O–H groups in total. The Morgan fingerprint density at radius 3 is 2.61 bits per heavy atom.